The fourth-order valence-corrected chi connectivity index (χ4v) is 4.63. The van der Waals surface area contributed by atoms with Crippen molar-refractivity contribution in [2.75, 3.05) is 13.1 Å². The van der Waals surface area contributed by atoms with Gasteiger partial charge in [0, 0.05) is 19.0 Å². The molecular formula is C22H28N4O4. The smallest absolute Gasteiger partial charge is 0.325 e. The average Bonchev–Trinajstić information content (AvgIpc) is 3.14. The molecule has 8 heteroatoms. The van der Waals surface area contributed by atoms with Crippen LogP contribution in [0.25, 0.3) is 0 Å². The first-order valence-corrected chi connectivity index (χ1v) is 10.7. The summed E-state index contributed by atoms with van der Waals surface area (Å²) in [6, 6.07) is 7.16. The predicted octanol–water partition coefficient (Wildman–Crippen LogP) is 1.19. The van der Waals surface area contributed by atoms with E-state index < -0.39 is 17.5 Å². The molecule has 1 aromatic carbocycles. The number of carbonyl (C=O) groups excluding carboxylic acids is 4. The second-order valence-corrected chi connectivity index (χ2v) is 8.53. The summed E-state index contributed by atoms with van der Waals surface area (Å²) in [6.45, 7) is 1.82. The van der Waals surface area contributed by atoms with Crippen molar-refractivity contribution in [3.8, 4) is 0 Å². The van der Waals surface area contributed by atoms with Crippen LogP contribution in [0.3, 0.4) is 0 Å². The second kappa shape index (κ2) is 8.08. The highest BCUT2D eigenvalue weighted by Crippen LogP contribution is 2.41. The van der Waals surface area contributed by atoms with Gasteiger partial charge in [0.05, 0.1) is 0 Å². The van der Waals surface area contributed by atoms with Crippen LogP contribution >= 0.6 is 0 Å². The van der Waals surface area contributed by atoms with Gasteiger partial charge in [0.2, 0.25) is 11.8 Å². The highest BCUT2D eigenvalue weighted by Gasteiger charge is 2.55. The molecule has 30 heavy (non-hydrogen) atoms. The fourth-order valence-electron chi connectivity index (χ4n) is 4.63. The molecule has 0 radical (unpaired) electrons. The van der Waals surface area contributed by atoms with E-state index in [-0.39, 0.29) is 37.4 Å². The summed E-state index contributed by atoms with van der Waals surface area (Å²) >= 11 is 0. The van der Waals surface area contributed by atoms with Gasteiger partial charge in [-0.2, -0.15) is 0 Å². The standard InChI is InChI=1S/C22H28N4O4/c1-14(15-6-4-7-15)24-18(27)10-12-23-19(28)13-26-20(29)22(25-21(26)30)11-9-16-5-2-3-8-17(16)22/h2-3,5,8,14-15H,4,6-7,9-13H2,1H3,(H,23,28)(H,24,27)(H,25,30)/t14-,22+/m0/s1. The number of nitrogens with one attached hydrogen (secondary N) is 3. The Morgan fingerprint density at radius 1 is 1.23 bits per heavy atom. The number of benzene rings is 1. The minimum atomic E-state index is -1.06. The fraction of sp³-hybridized carbons (Fsp3) is 0.545. The van der Waals surface area contributed by atoms with Crippen molar-refractivity contribution >= 4 is 23.8 Å². The number of nitrogens with zero attached hydrogens (tertiary/aromatic N) is 1. The van der Waals surface area contributed by atoms with Crippen LogP contribution < -0.4 is 16.0 Å². The highest BCUT2D eigenvalue weighted by atomic mass is 16.2. The Morgan fingerprint density at radius 3 is 2.73 bits per heavy atom. The monoisotopic (exact) mass is 412 g/mol. The third kappa shape index (κ3) is 3.66. The van der Waals surface area contributed by atoms with Crippen LogP contribution in [0.4, 0.5) is 4.79 Å². The van der Waals surface area contributed by atoms with Gasteiger partial charge in [-0.05, 0) is 49.7 Å². The molecule has 2 fully saturated rings. The van der Waals surface area contributed by atoms with E-state index in [1.165, 1.54) is 6.42 Å². The summed E-state index contributed by atoms with van der Waals surface area (Å²) in [4.78, 5) is 50.8. The van der Waals surface area contributed by atoms with Crippen LogP contribution in [0.15, 0.2) is 24.3 Å². The number of imide groups is 1. The molecule has 1 spiro atoms. The van der Waals surface area contributed by atoms with Crippen LogP contribution in [0.1, 0.15) is 50.2 Å². The lowest BCUT2D eigenvalue weighted by molar-refractivity contribution is -0.135. The molecule has 1 saturated carbocycles. The molecule has 0 unspecified atom stereocenters. The van der Waals surface area contributed by atoms with Gasteiger partial charge in [0.25, 0.3) is 5.91 Å². The Kier molecular flexibility index (Phi) is 5.49. The lowest BCUT2D eigenvalue weighted by Gasteiger charge is -2.31. The molecule has 0 aromatic heterocycles. The maximum absolute atomic E-state index is 13.0. The summed E-state index contributed by atoms with van der Waals surface area (Å²) in [5.74, 6) is -0.399. The van der Waals surface area contributed by atoms with Gasteiger partial charge < -0.3 is 16.0 Å². The number of fused-ring (bicyclic) bond motifs is 2. The summed E-state index contributed by atoms with van der Waals surface area (Å²) in [5, 5.41) is 8.40. The minimum Gasteiger partial charge on any atom is -0.354 e. The van der Waals surface area contributed by atoms with Crippen LogP contribution in [-0.2, 0) is 26.3 Å². The molecule has 1 saturated heterocycles. The Morgan fingerprint density at radius 2 is 2.00 bits per heavy atom. The van der Waals surface area contributed by atoms with Crippen molar-refractivity contribution in [3.05, 3.63) is 35.4 Å². The molecule has 3 N–H and O–H groups in total. The molecule has 3 aliphatic rings. The van der Waals surface area contributed by atoms with E-state index in [1.54, 1.807) is 0 Å². The molecule has 2 atom stereocenters. The third-order valence-corrected chi connectivity index (χ3v) is 6.64. The first-order chi connectivity index (χ1) is 14.4. The molecule has 160 valence electrons. The molecule has 8 nitrogen and oxygen atoms in total. The first kappa shape index (κ1) is 20.4. The van der Waals surface area contributed by atoms with Crippen LogP contribution in [-0.4, -0.2) is 47.8 Å². The largest absolute Gasteiger partial charge is 0.354 e. The summed E-state index contributed by atoms with van der Waals surface area (Å²) < 4.78 is 0. The Hall–Kier alpha value is -2.90. The number of urea groups is 1. The minimum absolute atomic E-state index is 0.105. The van der Waals surface area contributed by atoms with Gasteiger partial charge in [-0.15, -0.1) is 0 Å². The highest BCUT2D eigenvalue weighted by molar-refractivity contribution is 6.09. The summed E-state index contributed by atoms with van der Waals surface area (Å²) in [5.41, 5.74) is 0.786. The maximum Gasteiger partial charge on any atom is 0.325 e. The van der Waals surface area contributed by atoms with Crippen LogP contribution in [0, 0.1) is 5.92 Å². The van der Waals surface area contributed by atoms with Gasteiger partial charge in [0.1, 0.15) is 12.1 Å². The zero-order chi connectivity index (χ0) is 21.3. The molecule has 1 aromatic rings. The number of hydrogen-bond donors (Lipinski definition) is 3. The van der Waals surface area contributed by atoms with E-state index in [9.17, 15) is 19.2 Å². The van der Waals surface area contributed by atoms with E-state index in [0.717, 1.165) is 28.9 Å². The van der Waals surface area contributed by atoms with E-state index in [0.29, 0.717) is 18.8 Å². The Bertz CT molecular complexity index is 882. The summed E-state index contributed by atoms with van der Waals surface area (Å²) in [7, 11) is 0. The molecular weight excluding hydrogens is 384 g/mol. The van der Waals surface area contributed by atoms with Crippen molar-refractivity contribution in [1.29, 1.82) is 0 Å². The molecule has 1 heterocycles. The van der Waals surface area contributed by atoms with E-state index in [2.05, 4.69) is 16.0 Å². The normalized spacial score (nSPS) is 23.7. The summed E-state index contributed by atoms with van der Waals surface area (Å²) in [6.07, 6.45) is 4.88. The number of rotatable bonds is 7. The Balaban J connectivity index is 1.27. The van der Waals surface area contributed by atoms with Crippen LogP contribution in [0.5, 0.6) is 0 Å². The van der Waals surface area contributed by atoms with Gasteiger partial charge in [-0.1, -0.05) is 30.7 Å². The molecule has 5 amide bonds. The third-order valence-electron chi connectivity index (χ3n) is 6.64. The van der Waals surface area contributed by atoms with E-state index in [1.807, 2.05) is 31.2 Å². The first-order valence-electron chi connectivity index (χ1n) is 10.7. The second-order valence-electron chi connectivity index (χ2n) is 8.53. The number of carbonyl (C=O) groups is 4. The zero-order valence-corrected chi connectivity index (χ0v) is 17.2. The number of amides is 5. The van der Waals surface area contributed by atoms with Crippen molar-refractivity contribution in [2.24, 2.45) is 5.92 Å². The van der Waals surface area contributed by atoms with E-state index >= 15 is 0 Å². The molecule has 1 aliphatic heterocycles. The number of aryl methyl sites for hydroxylation is 1. The maximum atomic E-state index is 13.0. The van der Waals surface area contributed by atoms with Crippen molar-refractivity contribution in [3.63, 3.8) is 0 Å². The molecule has 2 aliphatic carbocycles. The van der Waals surface area contributed by atoms with Gasteiger partial charge >= 0.3 is 6.03 Å². The zero-order valence-electron chi connectivity index (χ0n) is 17.2. The van der Waals surface area contributed by atoms with Crippen molar-refractivity contribution in [2.45, 2.75) is 57.0 Å². The quantitative estimate of drug-likeness (QED) is 0.585. The predicted molar refractivity (Wildman–Crippen MR) is 109 cm³/mol. The van der Waals surface area contributed by atoms with Gasteiger partial charge in [-0.3, -0.25) is 19.3 Å². The van der Waals surface area contributed by atoms with Gasteiger partial charge in [0.15, 0.2) is 0 Å². The molecule has 4 rings (SSSR count). The topological polar surface area (TPSA) is 108 Å². The number of hydrogen-bond acceptors (Lipinski definition) is 4. The van der Waals surface area contributed by atoms with Crippen molar-refractivity contribution < 1.29 is 19.2 Å². The van der Waals surface area contributed by atoms with Gasteiger partial charge in [-0.25, -0.2) is 4.79 Å². The SMILES string of the molecule is C[C@H](NC(=O)CCNC(=O)CN1C(=O)N[C@@]2(CCc3ccccc32)C1=O)C1CCC1. The lowest BCUT2D eigenvalue weighted by atomic mass is 9.80. The molecule has 0 bridgehead atoms. The van der Waals surface area contributed by atoms with E-state index in [4.69, 9.17) is 0 Å². The lowest BCUT2D eigenvalue weighted by Crippen LogP contribution is -2.44. The van der Waals surface area contributed by atoms with Crippen molar-refractivity contribution in [1.82, 2.24) is 20.9 Å². The average molecular weight is 412 g/mol. The van der Waals surface area contributed by atoms with Crippen LogP contribution in [0.2, 0.25) is 0 Å². The Labute approximate surface area is 175 Å².